The predicted molar refractivity (Wildman–Crippen MR) is 107 cm³/mol. The monoisotopic (exact) mass is 389 g/mol. The molecule has 0 aromatic carbocycles. The molecule has 0 amide bonds. The minimum atomic E-state index is -3.44. The van der Waals surface area contributed by atoms with Crippen molar-refractivity contribution in [1.82, 2.24) is 15.2 Å². The van der Waals surface area contributed by atoms with Crippen LogP contribution >= 0.6 is 0 Å². The number of pyridine rings is 1. The van der Waals surface area contributed by atoms with Crippen molar-refractivity contribution in [3.8, 4) is 0 Å². The van der Waals surface area contributed by atoms with Crippen molar-refractivity contribution in [2.45, 2.75) is 49.4 Å². The molecule has 3 rings (SSSR count). The highest BCUT2D eigenvalue weighted by molar-refractivity contribution is 7.92. The molecule has 0 radical (unpaired) electrons. The Morgan fingerprint density at radius 1 is 1.26 bits per heavy atom. The summed E-state index contributed by atoms with van der Waals surface area (Å²) in [5.41, 5.74) is 0.897. The summed E-state index contributed by atoms with van der Waals surface area (Å²) in [6, 6.07) is 7.65. The number of nitrogens with zero attached hydrogens (tertiary/aromatic N) is 5. The first-order valence-corrected chi connectivity index (χ1v) is 10.6. The van der Waals surface area contributed by atoms with Gasteiger partial charge in [0.1, 0.15) is 0 Å². The second-order valence-electron chi connectivity index (χ2n) is 7.92. The SMILES string of the molecule is CN(CC1CCCN1c1cccnn1)c1ccc(S(=O)(=O)C(C)(C)C)nc1. The van der Waals surface area contributed by atoms with Crippen molar-refractivity contribution in [2.24, 2.45) is 0 Å². The third-order valence-electron chi connectivity index (χ3n) is 4.96. The molecule has 2 aromatic heterocycles. The van der Waals surface area contributed by atoms with Crippen LogP contribution in [0.25, 0.3) is 0 Å². The Kier molecular flexibility index (Phi) is 5.37. The van der Waals surface area contributed by atoms with Gasteiger partial charge in [-0.25, -0.2) is 13.4 Å². The Hall–Kier alpha value is -2.22. The molecule has 3 heterocycles. The van der Waals surface area contributed by atoms with Crippen LogP contribution in [0, 0.1) is 0 Å². The summed E-state index contributed by atoms with van der Waals surface area (Å²) >= 11 is 0. The molecule has 0 bridgehead atoms. The Balaban J connectivity index is 1.72. The van der Waals surface area contributed by atoms with Crippen LogP contribution in [0.1, 0.15) is 33.6 Å². The van der Waals surface area contributed by atoms with Gasteiger partial charge in [-0.05, 0) is 57.9 Å². The van der Waals surface area contributed by atoms with E-state index in [2.05, 4.69) is 25.0 Å². The minimum Gasteiger partial charge on any atom is -0.371 e. The van der Waals surface area contributed by atoms with E-state index in [0.717, 1.165) is 37.4 Å². The van der Waals surface area contributed by atoms with Gasteiger partial charge in [0.25, 0.3) is 0 Å². The predicted octanol–water partition coefficient (Wildman–Crippen LogP) is 2.55. The number of rotatable bonds is 5. The van der Waals surface area contributed by atoms with E-state index in [0.29, 0.717) is 6.04 Å². The second-order valence-corrected chi connectivity index (χ2v) is 10.6. The Labute approximate surface area is 161 Å². The number of aromatic nitrogens is 3. The molecule has 0 saturated carbocycles. The summed E-state index contributed by atoms with van der Waals surface area (Å²) in [4.78, 5) is 8.62. The van der Waals surface area contributed by atoms with E-state index in [9.17, 15) is 8.42 Å². The zero-order valence-electron chi connectivity index (χ0n) is 16.3. The van der Waals surface area contributed by atoms with Crippen LogP contribution in [0.5, 0.6) is 0 Å². The molecular formula is C19H27N5O2S. The van der Waals surface area contributed by atoms with E-state index in [1.807, 2.05) is 25.2 Å². The van der Waals surface area contributed by atoms with Gasteiger partial charge in [0.2, 0.25) is 0 Å². The van der Waals surface area contributed by atoms with Crippen molar-refractivity contribution in [3.63, 3.8) is 0 Å². The largest absolute Gasteiger partial charge is 0.371 e. The van der Waals surface area contributed by atoms with Crippen LogP contribution in [0.3, 0.4) is 0 Å². The van der Waals surface area contributed by atoms with Crippen LogP contribution in [0.2, 0.25) is 0 Å². The number of anilines is 2. The standard InChI is InChI=1S/C19H27N5O2S/c1-19(2,3)27(25,26)18-10-9-15(13-20-18)23(4)14-16-7-6-12-24(16)17-8-5-11-21-22-17/h5,8-11,13,16H,6-7,12,14H2,1-4H3. The fourth-order valence-electron chi connectivity index (χ4n) is 3.27. The normalized spacial score (nSPS) is 17.9. The third kappa shape index (κ3) is 4.05. The lowest BCUT2D eigenvalue weighted by Gasteiger charge is -2.30. The van der Waals surface area contributed by atoms with Crippen molar-refractivity contribution in [3.05, 3.63) is 36.7 Å². The summed E-state index contributed by atoms with van der Waals surface area (Å²) in [6.45, 7) is 6.84. The van der Waals surface area contributed by atoms with E-state index in [4.69, 9.17) is 0 Å². The van der Waals surface area contributed by atoms with Gasteiger partial charge < -0.3 is 9.80 Å². The summed E-state index contributed by atoms with van der Waals surface area (Å²) < 4.78 is 24.2. The Bertz CT molecular complexity index is 863. The molecule has 27 heavy (non-hydrogen) atoms. The Morgan fingerprint density at radius 3 is 2.63 bits per heavy atom. The lowest BCUT2D eigenvalue weighted by atomic mass is 10.2. The fraction of sp³-hybridized carbons (Fsp3) is 0.526. The molecule has 1 aliphatic heterocycles. The van der Waals surface area contributed by atoms with Gasteiger partial charge in [-0.15, -0.1) is 5.10 Å². The average molecular weight is 390 g/mol. The smallest absolute Gasteiger partial charge is 0.200 e. The first-order chi connectivity index (χ1) is 12.7. The highest BCUT2D eigenvalue weighted by atomic mass is 32.2. The molecule has 1 atom stereocenters. The van der Waals surface area contributed by atoms with Gasteiger partial charge in [-0.3, -0.25) is 0 Å². The van der Waals surface area contributed by atoms with Crippen LogP contribution < -0.4 is 9.80 Å². The van der Waals surface area contributed by atoms with Gasteiger partial charge in [-0.1, -0.05) is 0 Å². The molecule has 0 aliphatic carbocycles. The zero-order valence-corrected chi connectivity index (χ0v) is 17.1. The summed E-state index contributed by atoms with van der Waals surface area (Å²) in [5.74, 6) is 0.901. The lowest BCUT2D eigenvalue weighted by molar-refractivity contribution is 0.556. The van der Waals surface area contributed by atoms with Crippen LogP contribution in [-0.2, 0) is 9.84 Å². The highest BCUT2D eigenvalue weighted by Gasteiger charge is 2.32. The molecule has 0 spiro atoms. The number of likely N-dealkylation sites (N-methyl/N-ethyl adjacent to an activating group) is 1. The fourth-order valence-corrected chi connectivity index (χ4v) is 4.33. The first-order valence-electron chi connectivity index (χ1n) is 9.16. The van der Waals surface area contributed by atoms with Gasteiger partial charge in [0, 0.05) is 32.4 Å². The van der Waals surface area contributed by atoms with E-state index < -0.39 is 14.6 Å². The molecule has 146 valence electrons. The average Bonchev–Trinajstić information content (AvgIpc) is 3.09. The van der Waals surface area contributed by atoms with Crippen molar-refractivity contribution in [2.75, 3.05) is 29.9 Å². The van der Waals surface area contributed by atoms with Gasteiger partial charge in [-0.2, -0.15) is 5.10 Å². The van der Waals surface area contributed by atoms with Gasteiger partial charge in [0.05, 0.1) is 16.6 Å². The third-order valence-corrected chi connectivity index (χ3v) is 7.36. The van der Waals surface area contributed by atoms with Crippen molar-refractivity contribution in [1.29, 1.82) is 0 Å². The molecule has 0 N–H and O–H groups in total. The molecule has 1 saturated heterocycles. The van der Waals surface area contributed by atoms with Crippen LogP contribution in [0.15, 0.2) is 41.7 Å². The highest BCUT2D eigenvalue weighted by Crippen LogP contribution is 2.27. The Morgan fingerprint density at radius 2 is 2.04 bits per heavy atom. The number of hydrogen-bond donors (Lipinski definition) is 0. The summed E-state index contributed by atoms with van der Waals surface area (Å²) in [5, 5.41) is 8.33. The second kappa shape index (κ2) is 7.42. The topological polar surface area (TPSA) is 79.3 Å². The van der Waals surface area contributed by atoms with Gasteiger partial charge >= 0.3 is 0 Å². The minimum absolute atomic E-state index is 0.120. The number of sulfone groups is 1. The molecule has 1 aliphatic rings. The maximum absolute atomic E-state index is 12.5. The molecular weight excluding hydrogens is 362 g/mol. The first kappa shape index (κ1) is 19.5. The van der Waals surface area contributed by atoms with Crippen LogP contribution in [-0.4, -0.2) is 54.5 Å². The van der Waals surface area contributed by atoms with E-state index in [1.165, 1.54) is 0 Å². The molecule has 2 aromatic rings. The van der Waals surface area contributed by atoms with E-state index in [1.54, 1.807) is 39.2 Å². The summed E-state index contributed by atoms with van der Waals surface area (Å²) in [6.07, 6.45) is 5.53. The molecule has 7 nitrogen and oxygen atoms in total. The maximum Gasteiger partial charge on any atom is 0.200 e. The lowest BCUT2D eigenvalue weighted by Crippen LogP contribution is -2.39. The number of hydrogen-bond acceptors (Lipinski definition) is 7. The van der Waals surface area contributed by atoms with Gasteiger partial charge in [0.15, 0.2) is 20.7 Å². The summed E-state index contributed by atoms with van der Waals surface area (Å²) in [7, 11) is -1.44. The molecule has 8 heteroatoms. The van der Waals surface area contributed by atoms with E-state index >= 15 is 0 Å². The molecule has 1 fully saturated rings. The maximum atomic E-state index is 12.5. The quantitative estimate of drug-likeness (QED) is 0.777. The van der Waals surface area contributed by atoms with Crippen LogP contribution in [0.4, 0.5) is 11.5 Å². The van der Waals surface area contributed by atoms with E-state index in [-0.39, 0.29) is 5.03 Å². The zero-order chi connectivity index (χ0) is 19.7. The molecule has 1 unspecified atom stereocenters. The van der Waals surface area contributed by atoms with Crippen molar-refractivity contribution >= 4 is 21.3 Å². The van der Waals surface area contributed by atoms with Crippen molar-refractivity contribution < 1.29 is 8.42 Å².